The lowest BCUT2D eigenvalue weighted by Gasteiger charge is -2.22. The molecule has 4 heteroatoms. The highest BCUT2D eigenvalue weighted by Gasteiger charge is 2.15. The first-order valence-electron chi connectivity index (χ1n) is 3.95. The van der Waals surface area contributed by atoms with Crippen LogP contribution < -0.4 is 11.3 Å². The minimum atomic E-state index is -0.241. The molecule has 0 aromatic rings. The monoisotopic (exact) mass is 162 g/mol. The summed E-state index contributed by atoms with van der Waals surface area (Å²) in [5, 5.41) is 0. The van der Waals surface area contributed by atoms with E-state index in [0.717, 1.165) is 0 Å². The molecule has 0 heterocycles. The zero-order valence-corrected chi connectivity index (χ0v) is 7.46. The number of rotatable bonds is 6. The van der Waals surface area contributed by atoms with Crippen molar-refractivity contribution < 1.29 is 9.47 Å². The van der Waals surface area contributed by atoms with Gasteiger partial charge in [-0.2, -0.15) is 0 Å². The van der Waals surface area contributed by atoms with Crippen LogP contribution in [-0.2, 0) is 9.47 Å². The summed E-state index contributed by atoms with van der Waals surface area (Å²) in [7, 11) is 0. The highest BCUT2D eigenvalue weighted by Crippen LogP contribution is 1.99. The molecule has 0 fully saturated rings. The predicted molar refractivity (Wildman–Crippen MR) is 43.8 cm³/mol. The fourth-order valence-corrected chi connectivity index (χ4v) is 0.744. The van der Waals surface area contributed by atoms with Crippen molar-refractivity contribution >= 4 is 0 Å². The Bertz CT molecular complexity index is 84.5. The number of hydrogen-bond donors (Lipinski definition) is 2. The topological polar surface area (TPSA) is 56.5 Å². The second kappa shape index (κ2) is 6.54. The predicted octanol–water partition coefficient (Wildman–Crippen LogP) is 0.237. The summed E-state index contributed by atoms with van der Waals surface area (Å²) in [4.78, 5) is 0. The second-order valence-electron chi connectivity index (χ2n) is 2.23. The average molecular weight is 162 g/mol. The van der Waals surface area contributed by atoms with Crippen LogP contribution in [0, 0.1) is 0 Å². The third-order valence-electron chi connectivity index (χ3n) is 1.33. The molecule has 68 valence electrons. The second-order valence-corrected chi connectivity index (χ2v) is 2.23. The molecule has 0 rings (SSSR count). The van der Waals surface area contributed by atoms with E-state index < -0.39 is 0 Å². The maximum absolute atomic E-state index is 5.27. The van der Waals surface area contributed by atoms with Crippen LogP contribution in [-0.4, -0.2) is 25.5 Å². The molecule has 3 N–H and O–H groups in total. The lowest BCUT2D eigenvalue weighted by molar-refractivity contribution is -0.151. The van der Waals surface area contributed by atoms with Gasteiger partial charge in [-0.05, 0) is 20.8 Å². The molecule has 0 spiro atoms. The summed E-state index contributed by atoms with van der Waals surface area (Å²) in [6.07, 6.45) is -0.241. The largest absolute Gasteiger partial charge is 0.351 e. The minimum Gasteiger partial charge on any atom is -0.351 e. The van der Waals surface area contributed by atoms with E-state index in [1.54, 1.807) is 0 Å². The van der Waals surface area contributed by atoms with Crippen molar-refractivity contribution in [1.82, 2.24) is 5.43 Å². The van der Waals surface area contributed by atoms with Crippen molar-refractivity contribution in [2.75, 3.05) is 13.2 Å². The Morgan fingerprint density at radius 1 is 1.27 bits per heavy atom. The van der Waals surface area contributed by atoms with Crippen LogP contribution >= 0.6 is 0 Å². The fraction of sp³-hybridized carbons (Fsp3) is 1.00. The van der Waals surface area contributed by atoms with Crippen LogP contribution in [0.3, 0.4) is 0 Å². The molecular weight excluding hydrogens is 144 g/mol. The van der Waals surface area contributed by atoms with Gasteiger partial charge in [0.15, 0.2) is 6.29 Å². The molecule has 0 radical (unpaired) electrons. The summed E-state index contributed by atoms with van der Waals surface area (Å²) >= 11 is 0. The molecule has 0 saturated heterocycles. The fourth-order valence-electron chi connectivity index (χ4n) is 0.744. The Hall–Kier alpha value is -0.160. The molecule has 0 aromatic carbocycles. The quantitative estimate of drug-likeness (QED) is 0.333. The molecule has 0 amide bonds. The normalized spacial score (nSPS) is 13.9. The Kier molecular flexibility index (Phi) is 6.45. The Morgan fingerprint density at radius 2 is 1.73 bits per heavy atom. The maximum atomic E-state index is 5.27. The summed E-state index contributed by atoms with van der Waals surface area (Å²) in [5.74, 6) is 5.22. The SMILES string of the molecule is CCOC(OCC)C(C)NN. The number of nitrogens with two attached hydrogens (primary N) is 1. The first kappa shape index (κ1) is 10.8. The van der Waals surface area contributed by atoms with Gasteiger partial charge >= 0.3 is 0 Å². The van der Waals surface area contributed by atoms with Crippen molar-refractivity contribution in [3.05, 3.63) is 0 Å². The van der Waals surface area contributed by atoms with Crippen molar-refractivity contribution in [3.8, 4) is 0 Å². The zero-order valence-electron chi connectivity index (χ0n) is 7.46. The summed E-state index contributed by atoms with van der Waals surface area (Å²) < 4.78 is 10.5. The van der Waals surface area contributed by atoms with Crippen LogP contribution in [0.15, 0.2) is 0 Å². The van der Waals surface area contributed by atoms with E-state index in [0.29, 0.717) is 13.2 Å². The van der Waals surface area contributed by atoms with Crippen molar-refractivity contribution in [2.24, 2.45) is 5.84 Å². The van der Waals surface area contributed by atoms with Crippen LogP contribution in [0.2, 0.25) is 0 Å². The summed E-state index contributed by atoms with van der Waals surface area (Å²) in [5.41, 5.74) is 2.58. The summed E-state index contributed by atoms with van der Waals surface area (Å²) in [6, 6.07) is 0.0231. The van der Waals surface area contributed by atoms with Crippen molar-refractivity contribution in [2.45, 2.75) is 33.1 Å². The van der Waals surface area contributed by atoms with Gasteiger partial charge in [0.05, 0.1) is 6.04 Å². The zero-order chi connectivity index (χ0) is 8.69. The Balaban J connectivity index is 3.66. The number of ether oxygens (including phenoxy) is 2. The smallest absolute Gasteiger partial charge is 0.173 e. The number of nitrogens with one attached hydrogen (secondary N) is 1. The molecular formula is C7H18N2O2. The molecule has 0 aliphatic rings. The van der Waals surface area contributed by atoms with Gasteiger partial charge in [-0.15, -0.1) is 0 Å². The lowest BCUT2D eigenvalue weighted by atomic mass is 10.3. The molecule has 0 bridgehead atoms. The van der Waals surface area contributed by atoms with Gasteiger partial charge in [-0.25, -0.2) is 0 Å². The summed E-state index contributed by atoms with van der Waals surface area (Å²) in [6.45, 7) is 7.04. The Labute approximate surface area is 68.0 Å². The molecule has 1 atom stereocenters. The third kappa shape index (κ3) is 4.31. The van der Waals surface area contributed by atoms with E-state index in [2.05, 4.69) is 5.43 Å². The van der Waals surface area contributed by atoms with Gasteiger partial charge < -0.3 is 9.47 Å². The third-order valence-corrected chi connectivity index (χ3v) is 1.33. The Morgan fingerprint density at radius 3 is 2.00 bits per heavy atom. The van der Waals surface area contributed by atoms with E-state index >= 15 is 0 Å². The van der Waals surface area contributed by atoms with E-state index in [-0.39, 0.29) is 12.3 Å². The van der Waals surface area contributed by atoms with E-state index in [1.165, 1.54) is 0 Å². The molecule has 0 aromatic heterocycles. The van der Waals surface area contributed by atoms with Gasteiger partial charge in [0.25, 0.3) is 0 Å². The van der Waals surface area contributed by atoms with Crippen LogP contribution in [0.5, 0.6) is 0 Å². The van der Waals surface area contributed by atoms with Gasteiger partial charge in [-0.3, -0.25) is 11.3 Å². The van der Waals surface area contributed by atoms with Gasteiger partial charge in [-0.1, -0.05) is 0 Å². The van der Waals surface area contributed by atoms with Gasteiger partial charge in [0.2, 0.25) is 0 Å². The highest BCUT2D eigenvalue weighted by atomic mass is 16.7. The molecule has 0 aliphatic carbocycles. The average Bonchev–Trinajstić information content (AvgIpc) is 2.03. The first-order chi connectivity index (χ1) is 5.26. The van der Waals surface area contributed by atoms with Crippen LogP contribution in [0.25, 0.3) is 0 Å². The van der Waals surface area contributed by atoms with Crippen molar-refractivity contribution in [1.29, 1.82) is 0 Å². The molecule has 0 aliphatic heterocycles. The minimum absolute atomic E-state index is 0.0231. The van der Waals surface area contributed by atoms with Gasteiger partial charge in [0.1, 0.15) is 0 Å². The molecule has 1 unspecified atom stereocenters. The lowest BCUT2D eigenvalue weighted by Crippen LogP contribution is -2.44. The maximum Gasteiger partial charge on any atom is 0.173 e. The van der Waals surface area contributed by atoms with E-state index in [4.69, 9.17) is 15.3 Å². The number of hydrogen-bond acceptors (Lipinski definition) is 4. The first-order valence-corrected chi connectivity index (χ1v) is 3.95. The van der Waals surface area contributed by atoms with Gasteiger partial charge in [0, 0.05) is 13.2 Å². The van der Waals surface area contributed by atoms with Crippen LogP contribution in [0.4, 0.5) is 0 Å². The molecule has 11 heavy (non-hydrogen) atoms. The van der Waals surface area contributed by atoms with Crippen molar-refractivity contribution in [3.63, 3.8) is 0 Å². The molecule has 0 saturated carbocycles. The highest BCUT2D eigenvalue weighted by molar-refractivity contribution is 4.60. The van der Waals surface area contributed by atoms with Crippen LogP contribution in [0.1, 0.15) is 20.8 Å². The number of hydrazine groups is 1. The van der Waals surface area contributed by atoms with E-state index in [9.17, 15) is 0 Å². The van der Waals surface area contributed by atoms with E-state index in [1.807, 2.05) is 20.8 Å². The standard InChI is InChI=1S/C7H18N2O2/c1-4-10-7(11-5-2)6(3)9-8/h6-7,9H,4-5,8H2,1-3H3. The molecule has 4 nitrogen and oxygen atoms in total.